The van der Waals surface area contributed by atoms with Gasteiger partial charge in [0.2, 0.25) is 0 Å². The first-order valence-electron chi connectivity index (χ1n) is 10.2. The molecule has 0 unspecified atom stereocenters. The Kier molecular flexibility index (Phi) is 10.8. The number of rotatable bonds is 13. The van der Waals surface area contributed by atoms with E-state index < -0.39 is 12.0 Å². The van der Waals surface area contributed by atoms with Gasteiger partial charge in [0.05, 0.1) is 0 Å². The third kappa shape index (κ3) is 7.68. The first-order valence-corrected chi connectivity index (χ1v) is 12.1. The van der Waals surface area contributed by atoms with Crippen LogP contribution < -0.4 is 15.5 Å². The molecule has 1 saturated heterocycles. The number of methoxy groups -OCH3 is 1. The molecule has 0 bridgehead atoms. The molecule has 1 fully saturated rings. The molecule has 1 aromatic carbocycles. The van der Waals surface area contributed by atoms with Crippen LogP contribution in [0.25, 0.3) is 0 Å². The van der Waals surface area contributed by atoms with E-state index in [1.807, 2.05) is 24.5 Å². The summed E-state index contributed by atoms with van der Waals surface area (Å²) in [6.07, 6.45) is 4.21. The largest absolute Gasteiger partial charge is 0.480 e. The first-order chi connectivity index (χ1) is 14.5. The Hall–Kier alpha value is -1.42. The maximum Gasteiger partial charge on any atom is 0.326 e. The summed E-state index contributed by atoms with van der Waals surface area (Å²) in [5.74, 6) is -0.709. The van der Waals surface area contributed by atoms with Crippen molar-refractivity contribution in [2.45, 2.75) is 36.6 Å². The Balaban J connectivity index is 2.12. The van der Waals surface area contributed by atoms with Crippen molar-refractivity contribution < 1.29 is 19.4 Å². The van der Waals surface area contributed by atoms with E-state index in [1.165, 1.54) is 0 Å². The molecule has 30 heavy (non-hydrogen) atoms. The Bertz CT molecular complexity index is 692. The zero-order chi connectivity index (χ0) is 21.9. The molecule has 0 aromatic heterocycles. The molecule has 1 heterocycles. The summed E-state index contributed by atoms with van der Waals surface area (Å²) in [4.78, 5) is 26.4. The number of carboxylic acids is 1. The number of ether oxygens (including phenoxy) is 1. The van der Waals surface area contributed by atoms with Gasteiger partial charge in [0.25, 0.3) is 5.91 Å². The highest BCUT2D eigenvalue weighted by molar-refractivity contribution is 7.98. The highest BCUT2D eigenvalue weighted by Gasteiger charge is 2.26. The molecule has 168 valence electrons. The maximum atomic E-state index is 12.7. The third-order valence-electron chi connectivity index (χ3n) is 5.19. The van der Waals surface area contributed by atoms with Crippen molar-refractivity contribution in [2.24, 2.45) is 0 Å². The van der Waals surface area contributed by atoms with Gasteiger partial charge in [-0.1, -0.05) is 6.07 Å². The quantitative estimate of drug-likeness (QED) is 0.268. The molecule has 3 atom stereocenters. The molecule has 7 nitrogen and oxygen atoms in total. The minimum atomic E-state index is -1.01. The fraction of sp³-hybridized carbons (Fsp3) is 0.619. The van der Waals surface area contributed by atoms with Crippen LogP contribution in [0.5, 0.6) is 0 Å². The molecule has 1 aliphatic heterocycles. The summed E-state index contributed by atoms with van der Waals surface area (Å²) in [6.45, 7) is 3.20. The number of amides is 1. The van der Waals surface area contributed by atoms with E-state index in [2.05, 4.69) is 28.2 Å². The van der Waals surface area contributed by atoms with Gasteiger partial charge < -0.3 is 25.4 Å². The smallest absolute Gasteiger partial charge is 0.326 e. The summed E-state index contributed by atoms with van der Waals surface area (Å²) >= 11 is 6.24. The number of hydrogen-bond acceptors (Lipinski definition) is 7. The lowest BCUT2D eigenvalue weighted by atomic mass is 10.1. The van der Waals surface area contributed by atoms with E-state index in [9.17, 15) is 14.7 Å². The number of nitrogens with one attached hydrogen (secondary N) is 2. The van der Waals surface area contributed by atoms with Crippen LogP contribution in [0.1, 0.15) is 29.6 Å². The number of thioether (sulfide) groups is 1. The maximum absolute atomic E-state index is 12.7. The van der Waals surface area contributed by atoms with Crippen LogP contribution in [0.15, 0.2) is 24.3 Å². The molecule has 0 saturated carbocycles. The molecule has 0 aliphatic carbocycles. The standard InChI is InChI=1S/C21H33N3O4S2/c1-28-11-4-10-24(14-18-19(29)7-9-22-18)16-6-3-5-15(13-16)20(25)23-17(21(26)27)8-12-30-2/h3,5-6,13,17-19,22,29H,4,7-12,14H2,1-2H3,(H,23,25)(H,26,27)/t17-,18+,19+/m0/s1. The first kappa shape index (κ1) is 24.8. The summed E-state index contributed by atoms with van der Waals surface area (Å²) < 4.78 is 5.20. The van der Waals surface area contributed by atoms with Gasteiger partial charge in [-0.15, -0.1) is 0 Å². The summed E-state index contributed by atoms with van der Waals surface area (Å²) in [5.41, 5.74) is 1.39. The van der Waals surface area contributed by atoms with Gasteiger partial charge in [-0.25, -0.2) is 4.79 Å². The normalized spacial score (nSPS) is 19.4. The predicted molar refractivity (Wildman–Crippen MR) is 126 cm³/mol. The monoisotopic (exact) mass is 455 g/mol. The number of thiol groups is 1. The van der Waals surface area contributed by atoms with E-state index in [0.29, 0.717) is 29.6 Å². The van der Waals surface area contributed by atoms with Crippen molar-refractivity contribution in [1.82, 2.24) is 10.6 Å². The molecule has 1 aliphatic rings. The second-order valence-corrected chi connectivity index (χ2v) is 9.05. The molecule has 1 aromatic rings. The van der Waals surface area contributed by atoms with Crippen molar-refractivity contribution in [2.75, 3.05) is 50.3 Å². The minimum Gasteiger partial charge on any atom is -0.480 e. The molecule has 0 spiro atoms. The predicted octanol–water partition coefficient (Wildman–Crippen LogP) is 2.13. The Morgan fingerprint density at radius 1 is 1.47 bits per heavy atom. The van der Waals surface area contributed by atoms with Crippen LogP contribution >= 0.6 is 24.4 Å². The second-order valence-electron chi connectivity index (χ2n) is 7.41. The lowest BCUT2D eigenvalue weighted by Crippen LogP contribution is -2.42. The number of carbonyl (C=O) groups is 2. The van der Waals surface area contributed by atoms with Gasteiger partial charge in [-0.05, 0) is 56.0 Å². The fourth-order valence-electron chi connectivity index (χ4n) is 3.48. The lowest BCUT2D eigenvalue weighted by molar-refractivity contribution is -0.139. The molecule has 3 N–H and O–H groups in total. The average Bonchev–Trinajstić information content (AvgIpc) is 3.14. The van der Waals surface area contributed by atoms with Crippen LogP contribution in [0.3, 0.4) is 0 Å². The Labute approximate surface area is 188 Å². The van der Waals surface area contributed by atoms with E-state index in [0.717, 1.165) is 38.2 Å². The van der Waals surface area contributed by atoms with Gasteiger partial charge in [0.1, 0.15) is 6.04 Å². The lowest BCUT2D eigenvalue weighted by Gasteiger charge is -2.29. The third-order valence-corrected chi connectivity index (χ3v) is 6.45. The molecule has 9 heteroatoms. The number of benzene rings is 1. The van der Waals surface area contributed by atoms with E-state index in [1.54, 1.807) is 24.9 Å². The molecular weight excluding hydrogens is 422 g/mol. The molecule has 1 amide bonds. The number of carbonyl (C=O) groups excluding carboxylic acids is 1. The van der Waals surface area contributed by atoms with E-state index >= 15 is 0 Å². The highest BCUT2D eigenvalue weighted by Crippen LogP contribution is 2.21. The minimum absolute atomic E-state index is 0.274. The number of carboxylic acid groups (broad SMARTS) is 1. The Morgan fingerprint density at radius 2 is 2.27 bits per heavy atom. The van der Waals surface area contributed by atoms with Gasteiger partial charge in [0, 0.05) is 49.3 Å². The van der Waals surface area contributed by atoms with E-state index in [-0.39, 0.29) is 11.9 Å². The van der Waals surface area contributed by atoms with Crippen LogP contribution in [0.2, 0.25) is 0 Å². The summed E-state index contributed by atoms with van der Waals surface area (Å²) in [6, 6.07) is 6.75. The number of aliphatic carboxylic acids is 1. The summed E-state index contributed by atoms with van der Waals surface area (Å²) in [5, 5.41) is 15.8. The SMILES string of the molecule is COCCCN(C[C@H]1NCC[C@H]1S)c1cccc(C(=O)N[C@@H](CCSC)C(=O)O)c1. The van der Waals surface area contributed by atoms with Crippen LogP contribution in [0.4, 0.5) is 5.69 Å². The Morgan fingerprint density at radius 3 is 2.90 bits per heavy atom. The van der Waals surface area contributed by atoms with Gasteiger partial charge >= 0.3 is 5.97 Å². The topological polar surface area (TPSA) is 90.9 Å². The zero-order valence-electron chi connectivity index (χ0n) is 17.7. The zero-order valence-corrected chi connectivity index (χ0v) is 19.4. The van der Waals surface area contributed by atoms with Crippen LogP contribution in [0, 0.1) is 0 Å². The average molecular weight is 456 g/mol. The van der Waals surface area contributed by atoms with Crippen molar-refractivity contribution in [3.8, 4) is 0 Å². The second kappa shape index (κ2) is 13.1. The van der Waals surface area contributed by atoms with Crippen molar-refractivity contribution >= 4 is 42.0 Å². The molecular formula is C21H33N3O4S2. The fourth-order valence-corrected chi connectivity index (χ4v) is 4.28. The van der Waals surface area contributed by atoms with Crippen molar-refractivity contribution in [1.29, 1.82) is 0 Å². The highest BCUT2D eigenvalue weighted by atomic mass is 32.2. The van der Waals surface area contributed by atoms with Gasteiger partial charge in [-0.2, -0.15) is 24.4 Å². The van der Waals surface area contributed by atoms with Crippen molar-refractivity contribution in [3.05, 3.63) is 29.8 Å². The van der Waals surface area contributed by atoms with E-state index in [4.69, 9.17) is 4.74 Å². The van der Waals surface area contributed by atoms with Gasteiger partial charge in [0.15, 0.2) is 0 Å². The molecule has 2 rings (SSSR count). The number of nitrogens with zero attached hydrogens (tertiary/aromatic N) is 1. The van der Waals surface area contributed by atoms with Crippen LogP contribution in [-0.4, -0.2) is 79.7 Å². The molecule has 0 radical (unpaired) electrons. The summed E-state index contributed by atoms with van der Waals surface area (Å²) in [7, 11) is 1.69. The van der Waals surface area contributed by atoms with Crippen molar-refractivity contribution in [3.63, 3.8) is 0 Å². The van der Waals surface area contributed by atoms with Crippen LogP contribution in [-0.2, 0) is 9.53 Å². The number of anilines is 1. The van der Waals surface area contributed by atoms with Gasteiger partial charge in [-0.3, -0.25) is 4.79 Å². The number of hydrogen-bond donors (Lipinski definition) is 4.